The van der Waals surface area contributed by atoms with Gasteiger partial charge in [0.2, 0.25) is 0 Å². The third-order valence-corrected chi connectivity index (χ3v) is 16.9. The molecule has 0 N–H and O–H groups in total. The Labute approximate surface area is 488 Å². The van der Waals surface area contributed by atoms with Gasteiger partial charge in [0.15, 0.2) is 6.10 Å². The molecule has 0 bridgehead atoms. The first-order valence-electron chi connectivity index (χ1n) is 36.0. The molecular weight excluding hydrogens is 961 g/mol. The van der Waals surface area contributed by atoms with E-state index in [0.717, 1.165) is 57.8 Å². The Kier molecular flexibility index (Phi) is 66.5. The Bertz CT molecular complexity index is 1170. The predicted molar refractivity (Wildman–Crippen MR) is 340 cm³/mol. The maximum Gasteiger partial charge on any atom is 0.306 e. The van der Waals surface area contributed by atoms with Crippen molar-refractivity contribution in [2.24, 2.45) is 0 Å². The zero-order valence-corrected chi connectivity index (χ0v) is 53.5. The third kappa shape index (κ3) is 65.2. The lowest BCUT2D eigenvalue weighted by Crippen LogP contribution is -2.30. The largest absolute Gasteiger partial charge is 0.462 e. The molecule has 0 aromatic heterocycles. The van der Waals surface area contributed by atoms with Crippen molar-refractivity contribution in [1.29, 1.82) is 0 Å². The zero-order chi connectivity index (χ0) is 56.4. The number of ether oxygens (including phenoxy) is 3. The second-order valence-corrected chi connectivity index (χ2v) is 24.9. The van der Waals surface area contributed by atoms with Gasteiger partial charge >= 0.3 is 17.9 Å². The summed E-state index contributed by atoms with van der Waals surface area (Å²) in [4.78, 5) is 38.4. The minimum absolute atomic E-state index is 0.0603. The van der Waals surface area contributed by atoms with Gasteiger partial charge in [-0.2, -0.15) is 0 Å². The van der Waals surface area contributed by atoms with Gasteiger partial charge in [0.25, 0.3) is 0 Å². The van der Waals surface area contributed by atoms with Crippen LogP contribution in [0.2, 0.25) is 0 Å². The van der Waals surface area contributed by atoms with Crippen molar-refractivity contribution in [3.63, 3.8) is 0 Å². The summed E-state index contributed by atoms with van der Waals surface area (Å²) in [5.41, 5.74) is 0. The summed E-state index contributed by atoms with van der Waals surface area (Å²) >= 11 is 0. The molecule has 0 aliphatic heterocycles. The SMILES string of the molecule is CCCCCCCCCCCCCCCCCCCCCCCCCCCCCCCCC(=O)OCC(COC(=O)CCCCCCCCCCCCCC)OC(=O)CCCCCCCCCCCCCCCCCCCC. The maximum absolute atomic E-state index is 12.9. The number of rotatable bonds is 68. The molecule has 0 saturated heterocycles. The molecule has 0 aromatic rings. The molecule has 6 heteroatoms. The number of esters is 3. The number of unbranched alkanes of at least 4 members (excludes halogenated alkanes) is 57. The van der Waals surface area contributed by atoms with Crippen LogP contribution in [0.3, 0.4) is 0 Å². The van der Waals surface area contributed by atoms with Crippen molar-refractivity contribution in [2.75, 3.05) is 13.2 Å². The van der Waals surface area contributed by atoms with E-state index in [1.54, 1.807) is 0 Å². The second kappa shape index (κ2) is 67.9. The van der Waals surface area contributed by atoms with Crippen LogP contribution in [0.5, 0.6) is 0 Å². The van der Waals surface area contributed by atoms with Gasteiger partial charge in [0, 0.05) is 19.3 Å². The number of hydrogen-bond donors (Lipinski definition) is 0. The summed E-state index contributed by atoms with van der Waals surface area (Å²) in [5.74, 6) is -0.822. The van der Waals surface area contributed by atoms with Crippen LogP contribution < -0.4 is 0 Å². The molecule has 0 heterocycles. The molecule has 0 radical (unpaired) electrons. The quantitative estimate of drug-likeness (QED) is 0.0343. The number of carbonyl (C=O) groups is 3. The van der Waals surface area contributed by atoms with E-state index in [1.807, 2.05) is 0 Å². The van der Waals surface area contributed by atoms with Crippen molar-refractivity contribution in [1.82, 2.24) is 0 Å². The monoisotopic (exact) mass is 1100 g/mol. The molecule has 0 aliphatic rings. The first kappa shape index (κ1) is 76.4. The van der Waals surface area contributed by atoms with Gasteiger partial charge in [-0.25, -0.2) is 0 Å². The van der Waals surface area contributed by atoms with Crippen molar-refractivity contribution < 1.29 is 28.6 Å². The van der Waals surface area contributed by atoms with Gasteiger partial charge in [0.05, 0.1) is 0 Å². The fraction of sp³-hybridized carbons (Fsp3) is 0.958. The average Bonchev–Trinajstić information content (AvgIpc) is 3.44. The molecule has 78 heavy (non-hydrogen) atoms. The molecular formula is C72H140O6. The normalized spacial score (nSPS) is 11.9. The van der Waals surface area contributed by atoms with E-state index in [9.17, 15) is 14.4 Å². The van der Waals surface area contributed by atoms with Crippen LogP contribution in [0.15, 0.2) is 0 Å². The minimum atomic E-state index is -0.763. The Balaban J connectivity index is 4.09. The lowest BCUT2D eigenvalue weighted by molar-refractivity contribution is -0.167. The van der Waals surface area contributed by atoms with Crippen molar-refractivity contribution in [3.05, 3.63) is 0 Å². The Hall–Kier alpha value is -1.59. The maximum atomic E-state index is 12.9. The lowest BCUT2D eigenvalue weighted by atomic mass is 10.0. The second-order valence-electron chi connectivity index (χ2n) is 24.9. The summed E-state index contributed by atoms with van der Waals surface area (Å²) in [5, 5.41) is 0. The summed E-state index contributed by atoms with van der Waals surface area (Å²) in [6.07, 6.45) is 80.1. The van der Waals surface area contributed by atoms with Crippen molar-refractivity contribution >= 4 is 17.9 Å². The topological polar surface area (TPSA) is 78.9 Å². The third-order valence-electron chi connectivity index (χ3n) is 16.9. The van der Waals surface area contributed by atoms with E-state index in [0.29, 0.717) is 19.3 Å². The molecule has 0 rings (SSSR count). The molecule has 0 spiro atoms. The van der Waals surface area contributed by atoms with E-state index in [4.69, 9.17) is 14.2 Å². The first-order valence-corrected chi connectivity index (χ1v) is 36.0. The van der Waals surface area contributed by atoms with E-state index in [1.165, 1.54) is 327 Å². The summed E-state index contributed by atoms with van der Waals surface area (Å²) in [6, 6.07) is 0. The van der Waals surface area contributed by atoms with Crippen LogP contribution in [0.4, 0.5) is 0 Å². The van der Waals surface area contributed by atoms with Crippen LogP contribution in [-0.4, -0.2) is 37.2 Å². The average molecular weight is 1100 g/mol. The smallest absolute Gasteiger partial charge is 0.306 e. The van der Waals surface area contributed by atoms with Crippen LogP contribution in [0.1, 0.15) is 425 Å². The van der Waals surface area contributed by atoms with Gasteiger partial charge in [0.1, 0.15) is 13.2 Å². The van der Waals surface area contributed by atoms with Gasteiger partial charge < -0.3 is 14.2 Å². The Morgan fingerprint density at radius 3 is 0.513 bits per heavy atom. The van der Waals surface area contributed by atoms with E-state index < -0.39 is 6.10 Å². The van der Waals surface area contributed by atoms with Crippen molar-refractivity contribution in [3.8, 4) is 0 Å². The standard InChI is InChI=1S/C72H140O6/c1-4-7-10-13-16-19-22-25-27-29-31-32-33-34-35-36-37-38-39-40-41-42-44-45-47-50-53-56-59-62-65-71(74)77-68-69(67-76-70(73)64-61-58-55-52-49-24-21-18-15-12-9-6-3)78-72(75)66-63-60-57-54-51-48-46-43-30-28-26-23-20-17-14-11-8-5-2/h69H,4-68H2,1-3H3. The highest BCUT2D eigenvalue weighted by Gasteiger charge is 2.20. The van der Waals surface area contributed by atoms with Gasteiger partial charge in [-0.15, -0.1) is 0 Å². The summed E-state index contributed by atoms with van der Waals surface area (Å²) < 4.78 is 17.0. The van der Waals surface area contributed by atoms with Gasteiger partial charge in [-0.05, 0) is 19.3 Å². The van der Waals surface area contributed by atoms with Crippen LogP contribution in [0, 0.1) is 0 Å². The highest BCUT2D eigenvalue weighted by molar-refractivity contribution is 5.71. The summed E-state index contributed by atoms with van der Waals surface area (Å²) in [6.45, 7) is 6.74. The molecule has 464 valence electrons. The van der Waals surface area contributed by atoms with Crippen molar-refractivity contribution in [2.45, 2.75) is 431 Å². The summed E-state index contributed by atoms with van der Waals surface area (Å²) in [7, 11) is 0. The molecule has 0 saturated carbocycles. The van der Waals surface area contributed by atoms with Crippen LogP contribution >= 0.6 is 0 Å². The number of carbonyl (C=O) groups excluding carboxylic acids is 3. The Morgan fingerprint density at radius 2 is 0.346 bits per heavy atom. The van der Waals surface area contributed by atoms with E-state index >= 15 is 0 Å². The minimum Gasteiger partial charge on any atom is -0.462 e. The van der Waals surface area contributed by atoms with Gasteiger partial charge in [-0.3, -0.25) is 14.4 Å². The lowest BCUT2D eigenvalue weighted by Gasteiger charge is -2.18. The van der Waals surface area contributed by atoms with Crippen LogP contribution in [0.25, 0.3) is 0 Å². The first-order chi connectivity index (χ1) is 38.5. The van der Waals surface area contributed by atoms with Gasteiger partial charge in [-0.1, -0.05) is 387 Å². The zero-order valence-electron chi connectivity index (χ0n) is 53.5. The molecule has 0 amide bonds. The van der Waals surface area contributed by atoms with Crippen LogP contribution in [-0.2, 0) is 28.6 Å². The molecule has 6 nitrogen and oxygen atoms in total. The van der Waals surface area contributed by atoms with E-state index in [-0.39, 0.29) is 31.1 Å². The number of hydrogen-bond acceptors (Lipinski definition) is 6. The highest BCUT2D eigenvalue weighted by atomic mass is 16.6. The molecule has 1 atom stereocenters. The highest BCUT2D eigenvalue weighted by Crippen LogP contribution is 2.20. The fourth-order valence-electron chi connectivity index (χ4n) is 11.5. The molecule has 0 aliphatic carbocycles. The predicted octanol–water partition coefficient (Wildman–Crippen LogP) is 24.6. The fourth-order valence-corrected chi connectivity index (χ4v) is 11.5. The molecule has 1 unspecified atom stereocenters. The molecule has 0 fully saturated rings. The molecule has 0 aromatic carbocycles. The van der Waals surface area contributed by atoms with E-state index in [2.05, 4.69) is 20.8 Å². The Morgan fingerprint density at radius 1 is 0.205 bits per heavy atom.